The van der Waals surface area contributed by atoms with Gasteiger partial charge < -0.3 is 6.16 Å². The van der Waals surface area contributed by atoms with Crippen LogP contribution in [0.1, 0.15) is 47.4 Å². The molecule has 0 radical (unpaired) electrons. The van der Waals surface area contributed by atoms with Crippen LogP contribution in [0.3, 0.4) is 0 Å². The van der Waals surface area contributed by atoms with Gasteiger partial charge in [0.1, 0.15) is 0 Å². The van der Waals surface area contributed by atoms with Crippen LogP contribution in [0.2, 0.25) is 0 Å². The van der Waals surface area contributed by atoms with Crippen molar-refractivity contribution in [3.05, 3.63) is 0 Å². The predicted molar refractivity (Wildman–Crippen MR) is 48.9 cm³/mol. The first-order chi connectivity index (χ1) is 5.70. The first kappa shape index (κ1) is 13.5. The molecular formula is C10H19NaO2. The van der Waals surface area contributed by atoms with Gasteiger partial charge in [-0.15, -0.1) is 0 Å². The Morgan fingerprint density at radius 2 is 1.85 bits per heavy atom. The summed E-state index contributed by atoms with van der Waals surface area (Å²) < 4.78 is 5.15. The molecule has 2 nitrogen and oxygen atoms in total. The summed E-state index contributed by atoms with van der Waals surface area (Å²) in [5.41, 5.74) is 0. The van der Waals surface area contributed by atoms with E-state index >= 15 is 0 Å². The SMILES string of the molecule is CC(C)OC(=O)C1CCCCC1.[H-].[Na+]. The van der Waals surface area contributed by atoms with Gasteiger partial charge in [-0.25, -0.2) is 0 Å². The molecule has 1 fully saturated rings. The fourth-order valence-electron chi connectivity index (χ4n) is 1.67. The van der Waals surface area contributed by atoms with E-state index in [2.05, 4.69) is 0 Å². The van der Waals surface area contributed by atoms with Crippen molar-refractivity contribution < 1.29 is 40.5 Å². The van der Waals surface area contributed by atoms with E-state index in [1.54, 1.807) is 0 Å². The molecule has 0 bridgehead atoms. The van der Waals surface area contributed by atoms with E-state index < -0.39 is 0 Å². The molecule has 13 heavy (non-hydrogen) atoms. The van der Waals surface area contributed by atoms with Crippen LogP contribution in [0.5, 0.6) is 0 Å². The number of esters is 1. The summed E-state index contributed by atoms with van der Waals surface area (Å²) in [6, 6.07) is 0. The first-order valence-electron chi connectivity index (χ1n) is 4.90. The molecule has 3 heteroatoms. The Morgan fingerprint density at radius 3 is 2.31 bits per heavy atom. The van der Waals surface area contributed by atoms with Gasteiger partial charge in [0.05, 0.1) is 12.0 Å². The zero-order chi connectivity index (χ0) is 8.97. The number of rotatable bonds is 2. The molecule has 0 amide bonds. The van der Waals surface area contributed by atoms with Crippen LogP contribution < -0.4 is 29.6 Å². The van der Waals surface area contributed by atoms with E-state index in [4.69, 9.17) is 4.74 Å². The summed E-state index contributed by atoms with van der Waals surface area (Å²) in [7, 11) is 0. The number of hydrogen-bond acceptors (Lipinski definition) is 2. The molecule has 0 aromatic heterocycles. The second-order valence-electron chi connectivity index (χ2n) is 3.82. The average molecular weight is 194 g/mol. The maximum atomic E-state index is 11.4. The van der Waals surface area contributed by atoms with E-state index in [0.717, 1.165) is 12.8 Å². The fraction of sp³-hybridized carbons (Fsp3) is 0.900. The van der Waals surface area contributed by atoms with Crippen molar-refractivity contribution in [1.29, 1.82) is 0 Å². The predicted octanol–water partition coefficient (Wildman–Crippen LogP) is -0.365. The Kier molecular flexibility index (Phi) is 7.10. The normalized spacial score (nSPS) is 18.1. The second kappa shape index (κ2) is 6.86. The van der Waals surface area contributed by atoms with Crippen molar-refractivity contribution in [1.82, 2.24) is 0 Å². The van der Waals surface area contributed by atoms with Gasteiger partial charge >= 0.3 is 35.5 Å². The molecule has 0 N–H and O–H groups in total. The van der Waals surface area contributed by atoms with E-state index in [-0.39, 0.29) is 49.0 Å². The van der Waals surface area contributed by atoms with Gasteiger partial charge in [-0.05, 0) is 26.7 Å². The Hall–Kier alpha value is 0.470. The number of carbonyl (C=O) groups is 1. The van der Waals surface area contributed by atoms with Gasteiger partial charge in [0.25, 0.3) is 0 Å². The minimum absolute atomic E-state index is 0. The van der Waals surface area contributed by atoms with Crippen LogP contribution in [0.4, 0.5) is 0 Å². The van der Waals surface area contributed by atoms with Crippen LogP contribution in [0.25, 0.3) is 0 Å². The van der Waals surface area contributed by atoms with Crippen molar-refractivity contribution in [2.75, 3.05) is 0 Å². The zero-order valence-electron chi connectivity index (χ0n) is 10.0. The van der Waals surface area contributed by atoms with E-state index in [0.29, 0.717) is 0 Å². The van der Waals surface area contributed by atoms with Crippen LogP contribution in [0, 0.1) is 5.92 Å². The van der Waals surface area contributed by atoms with Crippen molar-refractivity contribution >= 4 is 5.97 Å². The third-order valence-electron chi connectivity index (χ3n) is 2.29. The van der Waals surface area contributed by atoms with Gasteiger partial charge in [0.2, 0.25) is 0 Å². The summed E-state index contributed by atoms with van der Waals surface area (Å²) in [6.07, 6.45) is 5.78. The average Bonchev–Trinajstić information content (AvgIpc) is 2.05. The molecule has 0 unspecified atom stereocenters. The number of carbonyl (C=O) groups excluding carboxylic acids is 1. The minimum Gasteiger partial charge on any atom is -1.00 e. The third kappa shape index (κ3) is 5.04. The van der Waals surface area contributed by atoms with Gasteiger partial charge in [0.15, 0.2) is 0 Å². The molecule has 1 rings (SSSR count). The summed E-state index contributed by atoms with van der Waals surface area (Å²) in [4.78, 5) is 11.4. The molecule has 1 aliphatic rings. The maximum absolute atomic E-state index is 11.4. The molecule has 0 saturated heterocycles. The molecule has 0 atom stereocenters. The van der Waals surface area contributed by atoms with Crippen molar-refractivity contribution in [3.63, 3.8) is 0 Å². The van der Waals surface area contributed by atoms with Gasteiger partial charge in [0, 0.05) is 0 Å². The third-order valence-corrected chi connectivity index (χ3v) is 2.29. The Labute approximate surface area is 104 Å². The van der Waals surface area contributed by atoms with E-state index in [1.807, 2.05) is 13.8 Å². The van der Waals surface area contributed by atoms with E-state index in [9.17, 15) is 4.79 Å². The largest absolute Gasteiger partial charge is 1.00 e. The molecule has 1 aliphatic carbocycles. The Balaban J connectivity index is 0. The first-order valence-corrected chi connectivity index (χ1v) is 4.90. The van der Waals surface area contributed by atoms with Gasteiger partial charge in [-0.1, -0.05) is 19.3 Å². The molecule has 72 valence electrons. The summed E-state index contributed by atoms with van der Waals surface area (Å²) >= 11 is 0. The molecule has 0 aromatic carbocycles. The summed E-state index contributed by atoms with van der Waals surface area (Å²) in [5.74, 6) is 0.214. The van der Waals surface area contributed by atoms with Crippen molar-refractivity contribution in [2.45, 2.75) is 52.1 Å². The van der Waals surface area contributed by atoms with E-state index in [1.165, 1.54) is 19.3 Å². The fourth-order valence-corrected chi connectivity index (χ4v) is 1.67. The van der Waals surface area contributed by atoms with Crippen LogP contribution in [-0.2, 0) is 9.53 Å². The van der Waals surface area contributed by atoms with Crippen LogP contribution >= 0.6 is 0 Å². The standard InChI is InChI=1S/C10H18O2.Na.H/c1-8(2)12-10(11)9-6-4-3-5-7-9;;/h8-9H,3-7H2,1-2H3;;/q;+1;-1. The number of hydrogen-bond donors (Lipinski definition) is 0. The topological polar surface area (TPSA) is 26.3 Å². The summed E-state index contributed by atoms with van der Waals surface area (Å²) in [5, 5.41) is 0. The molecule has 0 aliphatic heterocycles. The molecular weight excluding hydrogens is 175 g/mol. The Bertz CT molecular complexity index is 156. The summed E-state index contributed by atoms with van der Waals surface area (Å²) in [6.45, 7) is 3.81. The molecule has 0 spiro atoms. The number of ether oxygens (including phenoxy) is 1. The Morgan fingerprint density at radius 1 is 1.31 bits per heavy atom. The zero-order valence-corrected chi connectivity index (χ0v) is 11.0. The van der Waals surface area contributed by atoms with Gasteiger partial charge in [-0.2, -0.15) is 0 Å². The molecule has 1 saturated carbocycles. The smallest absolute Gasteiger partial charge is 1.00 e. The second-order valence-corrected chi connectivity index (χ2v) is 3.82. The minimum atomic E-state index is 0. The van der Waals surface area contributed by atoms with Crippen LogP contribution in [-0.4, -0.2) is 12.1 Å². The van der Waals surface area contributed by atoms with Crippen LogP contribution in [0.15, 0.2) is 0 Å². The maximum Gasteiger partial charge on any atom is 1.00 e. The quantitative estimate of drug-likeness (QED) is 0.443. The molecule has 0 aromatic rings. The van der Waals surface area contributed by atoms with Crippen molar-refractivity contribution in [3.8, 4) is 0 Å². The monoisotopic (exact) mass is 194 g/mol. The van der Waals surface area contributed by atoms with Gasteiger partial charge in [-0.3, -0.25) is 4.79 Å². The van der Waals surface area contributed by atoms with Crippen molar-refractivity contribution in [2.24, 2.45) is 5.92 Å². The molecule has 0 heterocycles.